The summed E-state index contributed by atoms with van der Waals surface area (Å²) in [6.45, 7) is 4.79. The number of nitrogens with zero attached hydrogens (tertiary/aromatic N) is 1. The Labute approximate surface area is 125 Å². The van der Waals surface area contributed by atoms with E-state index >= 15 is 0 Å². The van der Waals surface area contributed by atoms with Gasteiger partial charge in [0.15, 0.2) is 0 Å². The van der Waals surface area contributed by atoms with Crippen LogP contribution in [0.1, 0.15) is 41.6 Å². The summed E-state index contributed by atoms with van der Waals surface area (Å²) in [4.78, 5) is 14.4. The van der Waals surface area contributed by atoms with Crippen LogP contribution in [0.4, 0.5) is 4.39 Å². The second-order valence-electron chi connectivity index (χ2n) is 6.47. The number of amides is 1. The van der Waals surface area contributed by atoms with E-state index in [0.717, 1.165) is 44.5 Å². The first-order chi connectivity index (χ1) is 10.1. The van der Waals surface area contributed by atoms with Crippen molar-refractivity contribution in [3.63, 3.8) is 0 Å². The Hall–Kier alpha value is -1.42. The zero-order valence-electron chi connectivity index (χ0n) is 12.5. The van der Waals surface area contributed by atoms with E-state index in [9.17, 15) is 9.18 Å². The highest BCUT2D eigenvalue weighted by molar-refractivity contribution is 5.94. The number of carbonyl (C=O) groups is 1. The fraction of sp³-hybridized carbons (Fsp3) is 0.588. The fourth-order valence-electron chi connectivity index (χ4n) is 3.58. The highest BCUT2D eigenvalue weighted by Gasteiger charge is 2.39. The molecule has 0 radical (unpaired) electrons. The Balaban J connectivity index is 1.77. The highest BCUT2D eigenvalue weighted by atomic mass is 19.1. The minimum Gasteiger partial charge on any atom is -0.381 e. The summed E-state index contributed by atoms with van der Waals surface area (Å²) < 4.78 is 19.6. The van der Waals surface area contributed by atoms with Gasteiger partial charge in [-0.15, -0.1) is 0 Å². The van der Waals surface area contributed by atoms with Gasteiger partial charge in [-0.1, -0.05) is 6.07 Å². The van der Waals surface area contributed by atoms with Crippen molar-refractivity contribution < 1.29 is 13.9 Å². The number of rotatable bonds is 1. The SMILES string of the molecule is Cc1ccc(C(=O)N2CCC[C@]3(CCCOC3)C2)c(F)c1. The van der Waals surface area contributed by atoms with Crippen LogP contribution < -0.4 is 0 Å². The van der Waals surface area contributed by atoms with Crippen LogP contribution in [0.5, 0.6) is 0 Å². The summed E-state index contributed by atoms with van der Waals surface area (Å²) in [6.07, 6.45) is 4.24. The zero-order chi connectivity index (χ0) is 14.9. The van der Waals surface area contributed by atoms with Crippen molar-refractivity contribution in [3.8, 4) is 0 Å². The molecule has 3 rings (SSSR count). The third-order valence-corrected chi connectivity index (χ3v) is 4.71. The molecule has 114 valence electrons. The molecule has 2 aliphatic rings. The van der Waals surface area contributed by atoms with Crippen LogP contribution in [0, 0.1) is 18.2 Å². The van der Waals surface area contributed by atoms with E-state index in [0.29, 0.717) is 13.1 Å². The van der Waals surface area contributed by atoms with Crippen LogP contribution in [-0.4, -0.2) is 37.1 Å². The molecule has 1 atom stereocenters. The van der Waals surface area contributed by atoms with Crippen molar-refractivity contribution in [2.24, 2.45) is 5.41 Å². The first-order valence-corrected chi connectivity index (χ1v) is 7.73. The van der Waals surface area contributed by atoms with Crippen molar-refractivity contribution in [1.82, 2.24) is 4.90 Å². The number of piperidine rings is 1. The van der Waals surface area contributed by atoms with Crippen LogP contribution >= 0.6 is 0 Å². The van der Waals surface area contributed by atoms with Crippen LogP contribution in [0.3, 0.4) is 0 Å². The first kappa shape index (κ1) is 14.5. The number of likely N-dealkylation sites (tertiary alicyclic amines) is 1. The van der Waals surface area contributed by atoms with Crippen LogP contribution in [-0.2, 0) is 4.74 Å². The molecule has 1 amide bonds. The van der Waals surface area contributed by atoms with Crippen molar-refractivity contribution in [2.45, 2.75) is 32.6 Å². The van der Waals surface area contributed by atoms with E-state index in [2.05, 4.69) is 0 Å². The molecule has 0 bridgehead atoms. The summed E-state index contributed by atoms with van der Waals surface area (Å²) >= 11 is 0. The number of benzene rings is 1. The van der Waals surface area contributed by atoms with Gasteiger partial charge in [-0.25, -0.2) is 4.39 Å². The van der Waals surface area contributed by atoms with Gasteiger partial charge in [0.05, 0.1) is 12.2 Å². The lowest BCUT2D eigenvalue weighted by Crippen LogP contribution is -2.49. The Morgan fingerprint density at radius 2 is 2.14 bits per heavy atom. The molecule has 2 aliphatic heterocycles. The maximum atomic E-state index is 14.0. The van der Waals surface area contributed by atoms with Gasteiger partial charge in [-0.05, 0) is 50.3 Å². The summed E-state index contributed by atoms with van der Waals surface area (Å²) in [5.41, 5.74) is 1.11. The van der Waals surface area contributed by atoms with Crippen molar-refractivity contribution in [3.05, 3.63) is 35.1 Å². The lowest BCUT2D eigenvalue weighted by molar-refractivity contribution is -0.0435. The van der Waals surface area contributed by atoms with Gasteiger partial charge in [0, 0.05) is 25.1 Å². The van der Waals surface area contributed by atoms with Crippen molar-refractivity contribution in [1.29, 1.82) is 0 Å². The second-order valence-corrected chi connectivity index (χ2v) is 6.47. The molecule has 2 saturated heterocycles. The Morgan fingerprint density at radius 3 is 2.86 bits per heavy atom. The van der Waals surface area contributed by atoms with E-state index < -0.39 is 5.82 Å². The molecule has 1 spiro atoms. The van der Waals surface area contributed by atoms with Crippen molar-refractivity contribution >= 4 is 5.91 Å². The number of aryl methyl sites for hydroxylation is 1. The fourth-order valence-corrected chi connectivity index (χ4v) is 3.58. The van der Waals surface area contributed by atoms with E-state index in [-0.39, 0.29) is 16.9 Å². The predicted molar refractivity (Wildman–Crippen MR) is 78.8 cm³/mol. The quantitative estimate of drug-likeness (QED) is 0.795. The second kappa shape index (κ2) is 5.76. The molecule has 0 unspecified atom stereocenters. The molecule has 1 aromatic carbocycles. The molecule has 1 aromatic rings. The highest BCUT2D eigenvalue weighted by Crippen LogP contribution is 2.37. The summed E-state index contributed by atoms with van der Waals surface area (Å²) in [5.74, 6) is -0.600. The lowest BCUT2D eigenvalue weighted by Gasteiger charge is -2.44. The van der Waals surface area contributed by atoms with Crippen molar-refractivity contribution in [2.75, 3.05) is 26.3 Å². The average molecular weight is 291 g/mol. The van der Waals surface area contributed by atoms with Gasteiger partial charge < -0.3 is 9.64 Å². The number of carbonyl (C=O) groups excluding carboxylic acids is 1. The number of halogens is 1. The first-order valence-electron chi connectivity index (χ1n) is 7.73. The molecular weight excluding hydrogens is 269 g/mol. The minimum absolute atomic E-state index is 0.0906. The summed E-state index contributed by atoms with van der Waals surface area (Å²) in [5, 5.41) is 0. The minimum atomic E-state index is -0.417. The largest absolute Gasteiger partial charge is 0.381 e. The maximum Gasteiger partial charge on any atom is 0.256 e. The van der Waals surface area contributed by atoms with Gasteiger partial charge in [-0.2, -0.15) is 0 Å². The standard InChI is InChI=1S/C17H22FNO2/c1-13-4-5-14(15(18)10-13)16(20)19-8-2-6-17(11-19)7-3-9-21-12-17/h4-5,10H,2-3,6-9,11-12H2,1H3/t17-/m0/s1. The number of hydrogen-bond donors (Lipinski definition) is 0. The van der Waals surface area contributed by atoms with Gasteiger partial charge in [0.2, 0.25) is 0 Å². The Kier molecular flexibility index (Phi) is 3.98. The normalized spacial score (nSPS) is 26.1. The van der Waals surface area contributed by atoms with Crippen LogP contribution in [0.15, 0.2) is 18.2 Å². The van der Waals surface area contributed by atoms with Crippen LogP contribution in [0.25, 0.3) is 0 Å². The van der Waals surface area contributed by atoms with Gasteiger partial charge in [0.25, 0.3) is 5.91 Å². The number of hydrogen-bond acceptors (Lipinski definition) is 2. The van der Waals surface area contributed by atoms with E-state index in [1.54, 1.807) is 12.1 Å². The molecule has 0 aromatic heterocycles. The predicted octanol–water partition coefficient (Wildman–Crippen LogP) is 3.17. The molecule has 2 fully saturated rings. The van der Waals surface area contributed by atoms with E-state index in [1.165, 1.54) is 6.07 Å². The lowest BCUT2D eigenvalue weighted by atomic mass is 9.75. The van der Waals surface area contributed by atoms with Crippen LogP contribution in [0.2, 0.25) is 0 Å². The average Bonchev–Trinajstić information content (AvgIpc) is 2.47. The maximum absolute atomic E-state index is 14.0. The molecule has 2 heterocycles. The third kappa shape index (κ3) is 2.95. The monoisotopic (exact) mass is 291 g/mol. The molecule has 0 aliphatic carbocycles. The summed E-state index contributed by atoms with van der Waals surface area (Å²) in [6, 6.07) is 4.82. The Morgan fingerprint density at radius 1 is 1.33 bits per heavy atom. The molecular formula is C17H22FNO2. The topological polar surface area (TPSA) is 29.5 Å². The third-order valence-electron chi connectivity index (χ3n) is 4.71. The van der Waals surface area contributed by atoms with E-state index in [1.807, 2.05) is 11.8 Å². The van der Waals surface area contributed by atoms with E-state index in [4.69, 9.17) is 4.74 Å². The van der Waals surface area contributed by atoms with Gasteiger partial charge in [0.1, 0.15) is 5.82 Å². The molecule has 0 N–H and O–H groups in total. The van der Waals surface area contributed by atoms with Gasteiger partial charge >= 0.3 is 0 Å². The molecule has 4 heteroatoms. The Bertz CT molecular complexity index is 532. The summed E-state index contributed by atoms with van der Waals surface area (Å²) in [7, 11) is 0. The molecule has 21 heavy (non-hydrogen) atoms. The smallest absolute Gasteiger partial charge is 0.256 e. The van der Waals surface area contributed by atoms with Gasteiger partial charge in [-0.3, -0.25) is 4.79 Å². The number of ether oxygens (including phenoxy) is 1. The zero-order valence-corrected chi connectivity index (χ0v) is 12.5. The molecule has 0 saturated carbocycles. The molecule has 3 nitrogen and oxygen atoms in total.